The Labute approximate surface area is 127 Å². The maximum Gasteiger partial charge on any atom is 0.417 e. The standard InChI is InChI=1S/C10H17NO3.C7H8/c1-7-5-6-11(8(7)12)9(13)14-10(2,3)4;1-7-5-3-2-4-6-7/h7H,5-6H2,1-4H3;2-6H,1H3. The van der Waals surface area contributed by atoms with E-state index in [1.165, 1.54) is 10.5 Å². The van der Waals surface area contributed by atoms with Crippen LogP contribution in [-0.2, 0) is 9.53 Å². The van der Waals surface area contributed by atoms with Gasteiger partial charge in [0.1, 0.15) is 5.60 Å². The van der Waals surface area contributed by atoms with E-state index in [1.807, 2.05) is 25.1 Å². The van der Waals surface area contributed by atoms with Crippen LogP contribution >= 0.6 is 0 Å². The molecule has 1 unspecified atom stereocenters. The van der Waals surface area contributed by atoms with E-state index in [2.05, 4.69) is 19.1 Å². The van der Waals surface area contributed by atoms with Crippen LogP contribution in [0.4, 0.5) is 4.79 Å². The molecule has 4 heteroatoms. The van der Waals surface area contributed by atoms with Gasteiger partial charge < -0.3 is 4.74 Å². The van der Waals surface area contributed by atoms with Gasteiger partial charge in [-0.05, 0) is 34.1 Å². The number of amides is 2. The van der Waals surface area contributed by atoms with Crippen LogP contribution in [0.5, 0.6) is 0 Å². The van der Waals surface area contributed by atoms with Crippen LogP contribution in [0.2, 0.25) is 0 Å². The number of hydrogen-bond donors (Lipinski definition) is 0. The van der Waals surface area contributed by atoms with E-state index >= 15 is 0 Å². The number of hydrogen-bond acceptors (Lipinski definition) is 3. The summed E-state index contributed by atoms with van der Waals surface area (Å²) in [7, 11) is 0. The predicted molar refractivity (Wildman–Crippen MR) is 82.9 cm³/mol. The van der Waals surface area contributed by atoms with Crippen LogP contribution in [0.3, 0.4) is 0 Å². The molecule has 0 N–H and O–H groups in total. The second kappa shape index (κ2) is 7.25. The number of aryl methyl sites for hydroxylation is 1. The highest BCUT2D eigenvalue weighted by Gasteiger charge is 2.35. The van der Waals surface area contributed by atoms with Crippen LogP contribution in [-0.4, -0.2) is 29.0 Å². The Morgan fingerprint density at radius 3 is 2.14 bits per heavy atom. The number of ether oxygens (including phenoxy) is 1. The highest BCUT2D eigenvalue weighted by Crippen LogP contribution is 2.20. The van der Waals surface area contributed by atoms with Gasteiger partial charge in [-0.25, -0.2) is 9.69 Å². The Morgan fingerprint density at radius 1 is 1.24 bits per heavy atom. The molecule has 1 fully saturated rings. The average Bonchev–Trinajstić information content (AvgIpc) is 2.70. The Kier molecular flexibility index (Phi) is 5.94. The van der Waals surface area contributed by atoms with Crippen molar-refractivity contribution in [1.29, 1.82) is 0 Å². The summed E-state index contributed by atoms with van der Waals surface area (Å²) in [4.78, 5) is 24.1. The van der Waals surface area contributed by atoms with Gasteiger partial charge >= 0.3 is 6.09 Å². The van der Waals surface area contributed by atoms with Crippen LogP contribution in [0.25, 0.3) is 0 Å². The van der Waals surface area contributed by atoms with Crippen LogP contribution in [0.1, 0.15) is 39.7 Å². The van der Waals surface area contributed by atoms with Crippen molar-refractivity contribution in [3.05, 3.63) is 35.9 Å². The van der Waals surface area contributed by atoms with Gasteiger partial charge in [0.05, 0.1) is 0 Å². The maximum atomic E-state index is 11.5. The van der Waals surface area contributed by atoms with Gasteiger partial charge in [-0.15, -0.1) is 0 Å². The minimum Gasteiger partial charge on any atom is -0.443 e. The molecule has 4 nitrogen and oxygen atoms in total. The molecule has 0 spiro atoms. The third-order valence-corrected chi connectivity index (χ3v) is 3.03. The quantitative estimate of drug-likeness (QED) is 0.730. The predicted octanol–water partition coefficient (Wildman–Crippen LogP) is 3.78. The molecule has 1 aliphatic heterocycles. The molecule has 116 valence electrons. The van der Waals surface area contributed by atoms with E-state index in [0.717, 1.165) is 6.42 Å². The van der Waals surface area contributed by atoms with Gasteiger partial charge in [-0.3, -0.25) is 4.79 Å². The first-order valence-corrected chi connectivity index (χ1v) is 7.26. The topological polar surface area (TPSA) is 46.6 Å². The fraction of sp³-hybridized carbons (Fsp3) is 0.529. The van der Waals surface area contributed by atoms with Crippen molar-refractivity contribution in [2.45, 2.75) is 46.6 Å². The van der Waals surface area contributed by atoms with E-state index in [0.29, 0.717) is 6.54 Å². The molecule has 0 radical (unpaired) electrons. The summed E-state index contributed by atoms with van der Waals surface area (Å²) in [5, 5.41) is 0. The summed E-state index contributed by atoms with van der Waals surface area (Å²) in [6.45, 7) is 9.75. The fourth-order valence-electron chi connectivity index (χ4n) is 1.86. The summed E-state index contributed by atoms with van der Waals surface area (Å²) in [5.74, 6) is -0.179. The number of benzene rings is 1. The van der Waals surface area contributed by atoms with Gasteiger partial charge in [0.15, 0.2) is 0 Å². The zero-order valence-corrected chi connectivity index (χ0v) is 13.6. The van der Waals surface area contributed by atoms with Crippen LogP contribution in [0, 0.1) is 12.8 Å². The maximum absolute atomic E-state index is 11.5. The first-order chi connectivity index (χ1) is 9.70. The zero-order valence-electron chi connectivity index (χ0n) is 13.6. The zero-order chi connectivity index (χ0) is 16.0. The minimum absolute atomic E-state index is 0.0532. The third-order valence-electron chi connectivity index (χ3n) is 3.03. The Morgan fingerprint density at radius 2 is 1.81 bits per heavy atom. The number of nitrogens with zero attached hydrogens (tertiary/aromatic N) is 1. The van der Waals surface area contributed by atoms with E-state index in [9.17, 15) is 9.59 Å². The second-order valence-corrected chi connectivity index (χ2v) is 6.31. The highest BCUT2D eigenvalue weighted by molar-refractivity contribution is 5.94. The number of likely N-dealkylation sites (tertiary alicyclic amines) is 1. The van der Waals surface area contributed by atoms with Crippen molar-refractivity contribution in [2.24, 2.45) is 5.92 Å². The molecule has 1 aromatic carbocycles. The lowest BCUT2D eigenvalue weighted by atomic mass is 10.1. The number of carbonyl (C=O) groups excluding carboxylic acids is 2. The summed E-state index contributed by atoms with van der Waals surface area (Å²) < 4.78 is 5.11. The fourth-order valence-corrected chi connectivity index (χ4v) is 1.86. The van der Waals surface area contributed by atoms with E-state index in [4.69, 9.17) is 4.74 Å². The molecule has 1 atom stereocenters. The van der Waals surface area contributed by atoms with Crippen LogP contribution < -0.4 is 0 Å². The SMILES string of the molecule is CC1CCN(C(=O)OC(C)(C)C)C1=O.Cc1ccccc1. The van der Waals surface area contributed by atoms with Crippen LogP contribution in [0.15, 0.2) is 30.3 Å². The minimum atomic E-state index is -0.539. The average molecular weight is 291 g/mol. The smallest absolute Gasteiger partial charge is 0.417 e. The normalized spacial score (nSPS) is 18.0. The highest BCUT2D eigenvalue weighted by atomic mass is 16.6. The molecular weight excluding hydrogens is 266 g/mol. The Bertz CT molecular complexity index is 477. The molecule has 21 heavy (non-hydrogen) atoms. The molecule has 0 aromatic heterocycles. The van der Waals surface area contributed by atoms with Crippen molar-refractivity contribution in [1.82, 2.24) is 4.90 Å². The summed E-state index contributed by atoms with van der Waals surface area (Å²) >= 11 is 0. The lowest BCUT2D eigenvalue weighted by Gasteiger charge is -2.23. The molecule has 0 saturated carbocycles. The molecule has 0 bridgehead atoms. The second-order valence-electron chi connectivity index (χ2n) is 6.31. The van der Waals surface area contributed by atoms with Gasteiger partial charge in [0.2, 0.25) is 5.91 Å². The van der Waals surface area contributed by atoms with Gasteiger partial charge in [0.25, 0.3) is 0 Å². The summed E-state index contributed by atoms with van der Waals surface area (Å²) in [6, 6.07) is 10.3. The van der Waals surface area contributed by atoms with E-state index < -0.39 is 11.7 Å². The molecular formula is C17H25NO3. The van der Waals surface area contributed by atoms with E-state index in [1.54, 1.807) is 20.8 Å². The van der Waals surface area contributed by atoms with Gasteiger partial charge in [-0.2, -0.15) is 0 Å². The Balaban J connectivity index is 0.000000262. The number of carbonyl (C=O) groups is 2. The van der Waals surface area contributed by atoms with Crippen molar-refractivity contribution < 1.29 is 14.3 Å². The van der Waals surface area contributed by atoms with Crippen molar-refractivity contribution in [3.63, 3.8) is 0 Å². The summed E-state index contributed by atoms with van der Waals surface area (Å²) in [5.41, 5.74) is 0.783. The first kappa shape index (κ1) is 17.2. The molecule has 1 aromatic rings. The van der Waals surface area contributed by atoms with E-state index in [-0.39, 0.29) is 11.8 Å². The third kappa shape index (κ3) is 5.98. The monoisotopic (exact) mass is 291 g/mol. The number of imide groups is 1. The first-order valence-electron chi connectivity index (χ1n) is 7.26. The largest absolute Gasteiger partial charge is 0.443 e. The molecule has 1 saturated heterocycles. The lowest BCUT2D eigenvalue weighted by molar-refractivity contribution is -0.129. The molecule has 2 rings (SSSR count). The molecule has 1 heterocycles. The Hall–Kier alpha value is -1.84. The molecule has 2 amide bonds. The molecule has 1 aliphatic rings. The number of rotatable bonds is 0. The molecule has 0 aliphatic carbocycles. The van der Waals surface area contributed by atoms with Crippen molar-refractivity contribution in [2.75, 3.05) is 6.54 Å². The van der Waals surface area contributed by atoms with Crippen molar-refractivity contribution >= 4 is 12.0 Å². The van der Waals surface area contributed by atoms with Gasteiger partial charge in [-0.1, -0.05) is 42.8 Å². The van der Waals surface area contributed by atoms with Gasteiger partial charge in [0, 0.05) is 12.5 Å². The summed E-state index contributed by atoms with van der Waals surface area (Å²) in [6.07, 6.45) is 0.213. The van der Waals surface area contributed by atoms with Crippen molar-refractivity contribution in [3.8, 4) is 0 Å². The lowest BCUT2D eigenvalue weighted by Crippen LogP contribution is -2.38.